The van der Waals surface area contributed by atoms with Crippen molar-refractivity contribution < 1.29 is 10.1 Å². The average Bonchev–Trinajstić information content (AvgIpc) is 3.06. The van der Waals surface area contributed by atoms with Gasteiger partial charge in [-0.3, -0.25) is 15.1 Å². The number of rotatable bonds is 3. The summed E-state index contributed by atoms with van der Waals surface area (Å²) in [6, 6.07) is 6.18. The maximum atomic E-state index is 12.4. The van der Waals surface area contributed by atoms with Crippen LogP contribution in [-0.2, 0) is 29.7 Å². The van der Waals surface area contributed by atoms with Crippen LogP contribution in [0.15, 0.2) is 28.9 Å². The highest BCUT2D eigenvalue weighted by Gasteiger charge is 2.47. The normalized spacial score (nSPS) is 22.9. The van der Waals surface area contributed by atoms with Crippen molar-refractivity contribution in [3.05, 3.63) is 61.6 Å². The van der Waals surface area contributed by atoms with Crippen LogP contribution in [0.1, 0.15) is 35.2 Å². The number of nitrogens with one attached hydrogen (secondary N) is 1. The van der Waals surface area contributed by atoms with Crippen molar-refractivity contribution >= 4 is 52.2 Å². The second kappa shape index (κ2) is 10.2. The van der Waals surface area contributed by atoms with Crippen molar-refractivity contribution in [3.63, 3.8) is 0 Å². The zero-order chi connectivity index (χ0) is 26.5. The minimum absolute atomic E-state index is 0.176. The van der Waals surface area contributed by atoms with Crippen molar-refractivity contribution in [1.82, 2.24) is 19.8 Å². The van der Waals surface area contributed by atoms with Gasteiger partial charge < -0.3 is 15.1 Å². The zero-order valence-corrected chi connectivity index (χ0v) is 23.5. The van der Waals surface area contributed by atoms with Crippen LogP contribution in [-0.4, -0.2) is 72.2 Å². The summed E-state index contributed by atoms with van der Waals surface area (Å²) in [4.78, 5) is 27.7. The van der Waals surface area contributed by atoms with Crippen LogP contribution < -0.4 is 10.2 Å². The molecule has 0 unspecified atom stereocenters. The van der Waals surface area contributed by atoms with E-state index in [0.29, 0.717) is 13.1 Å². The molecular formula is C26H31Cl3N7O+. The van der Waals surface area contributed by atoms with Gasteiger partial charge in [0, 0.05) is 50.6 Å². The zero-order valence-electron chi connectivity index (χ0n) is 21.2. The monoisotopic (exact) mass is 562 g/mol. The molecule has 1 spiro atoms. The summed E-state index contributed by atoms with van der Waals surface area (Å²) in [6.07, 6.45) is 3.53. The first-order chi connectivity index (χ1) is 17.6. The number of likely N-dealkylation sites (N-methyl/N-ethyl adjacent to an activating group) is 1. The number of nitrogens with two attached hydrogens (primary N) is 1. The van der Waals surface area contributed by atoms with Gasteiger partial charge in [0.1, 0.15) is 22.3 Å². The molecule has 0 saturated carbocycles. The largest absolute Gasteiger partial charge is 0.346 e. The topological polar surface area (TPSA) is 93.0 Å². The molecule has 3 aliphatic rings. The van der Waals surface area contributed by atoms with Gasteiger partial charge in [0.2, 0.25) is 5.28 Å². The van der Waals surface area contributed by atoms with Gasteiger partial charge in [-0.15, -0.1) is 0 Å². The fraction of sp³-hybridized carbons (Fsp3) is 0.462. The van der Waals surface area contributed by atoms with Gasteiger partial charge in [-0.25, -0.2) is 9.97 Å². The second-order valence-corrected chi connectivity index (χ2v) is 11.4. The minimum atomic E-state index is -0.423. The van der Waals surface area contributed by atoms with E-state index in [1.807, 2.05) is 17.4 Å². The third kappa shape index (κ3) is 4.63. The first-order valence-electron chi connectivity index (χ1n) is 12.4. The first kappa shape index (κ1) is 26.4. The number of hydrogen-bond donors (Lipinski definition) is 2. The first-order valence-corrected chi connectivity index (χ1v) is 13.6. The SMILES string of the molecule is CN(C)C(=O)C(=N)/C(Cl)=C1/CN(c2nc(Cl)nc3c2CN(C)[C@@]2(CCc4c(Cl)cccc42)C3)CCC[NH2+]1. The number of fused-ring (bicyclic) bond motifs is 3. The van der Waals surface area contributed by atoms with E-state index >= 15 is 0 Å². The molecule has 1 atom stereocenters. The van der Waals surface area contributed by atoms with Crippen molar-refractivity contribution in [2.75, 3.05) is 45.7 Å². The van der Waals surface area contributed by atoms with Crippen LogP contribution in [0.3, 0.4) is 0 Å². The molecule has 1 amide bonds. The van der Waals surface area contributed by atoms with E-state index in [4.69, 9.17) is 45.2 Å². The van der Waals surface area contributed by atoms with Crippen molar-refractivity contribution in [2.24, 2.45) is 0 Å². The Morgan fingerprint density at radius 3 is 2.73 bits per heavy atom. The quantitative estimate of drug-likeness (QED) is 0.443. The molecule has 0 radical (unpaired) electrons. The van der Waals surface area contributed by atoms with Gasteiger partial charge in [-0.1, -0.05) is 35.3 Å². The number of hydrogen-bond acceptors (Lipinski definition) is 6. The second-order valence-electron chi connectivity index (χ2n) is 10.3. The lowest BCUT2D eigenvalue weighted by molar-refractivity contribution is -0.605. The van der Waals surface area contributed by atoms with Gasteiger partial charge in [-0.2, -0.15) is 0 Å². The molecule has 3 heterocycles. The molecule has 37 heavy (non-hydrogen) atoms. The predicted molar refractivity (Wildman–Crippen MR) is 147 cm³/mol. The standard InChI is InChI=1S/C26H30Cl3N7O/c1-34(2)24(37)22(30)21(28)20-14-36(11-5-10-31-20)23-16-13-35(3)26(12-19(16)32-25(29)33-23)9-8-15-17(26)6-4-7-18(15)27/h4,6-7,30-31H,5,8-14H2,1-3H3/p+1/b21-20+,30-22?/t26-/m0/s1. The summed E-state index contributed by atoms with van der Waals surface area (Å²) in [5, 5.41) is 11.5. The number of benzene rings is 1. The predicted octanol–water partition coefficient (Wildman–Crippen LogP) is 2.94. The molecular weight excluding hydrogens is 533 g/mol. The molecule has 0 bridgehead atoms. The third-order valence-electron chi connectivity index (χ3n) is 7.84. The molecule has 11 heteroatoms. The van der Waals surface area contributed by atoms with Crippen LogP contribution in [0.5, 0.6) is 0 Å². The Bertz CT molecular complexity index is 1310. The Balaban J connectivity index is 1.52. The van der Waals surface area contributed by atoms with E-state index in [0.717, 1.165) is 66.6 Å². The number of anilines is 1. The van der Waals surface area contributed by atoms with Crippen molar-refractivity contribution in [3.8, 4) is 0 Å². The number of carbonyl (C=O) groups is 1. The van der Waals surface area contributed by atoms with E-state index < -0.39 is 5.91 Å². The summed E-state index contributed by atoms with van der Waals surface area (Å²) >= 11 is 19.7. The van der Waals surface area contributed by atoms with E-state index in [1.165, 1.54) is 16.0 Å². The van der Waals surface area contributed by atoms with Crippen LogP contribution in [0, 0.1) is 5.41 Å². The summed E-state index contributed by atoms with van der Waals surface area (Å²) in [5.41, 5.74) is 4.89. The van der Waals surface area contributed by atoms with Gasteiger partial charge in [0.05, 0.1) is 24.3 Å². The molecule has 3 N–H and O–H groups in total. The molecule has 1 aromatic carbocycles. The van der Waals surface area contributed by atoms with Crippen LogP contribution in [0.4, 0.5) is 5.82 Å². The third-order valence-corrected chi connectivity index (χ3v) is 8.80. The molecule has 2 aliphatic heterocycles. The maximum Gasteiger partial charge on any atom is 0.273 e. The number of carbonyl (C=O) groups excluding carboxylic acids is 1. The molecule has 196 valence electrons. The fourth-order valence-electron chi connectivity index (χ4n) is 5.88. The molecule has 2 aromatic rings. The lowest BCUT2D eigenvalue weighted by atomic mass is 9.81. The molecule has 5 rings (SSSR count). The van der Waals surface area contributed by atoms with Gasteiger partial charge in [0.25, 0.3) is 5.91 Å². The van der Waals surface area contributed by atoms with E-state index in [-0.39, 0.29) is 21.6 Å². The van der Waals surface area contributed by atoms with Gasteiger partial charge in [-0.05, 0) is 48.7 Å². The minimum Gasteiger partial charge on any atom is -0.346 e. The lowest BCUT2D eigenvalue weighted by Gasteiger charge is -2.44. The number of halogens is 3. The Kier molecular flexibility index (Phi) is 7.24. The maximum absolute atomic E-state index is 12.4. The van der Waals surface area contributed by atoms with E-state index in [2.05, 4.69) is 27.9 Å². The van der Waals surface area contributed by atoms with Crippen molar-refractivity contribution in [2.45, 2.75) is 37.8 Å². The van der Waals surface area contributed by atoms with Crippen molar-refractivity contribution in [1.29, 1.82) is 5.41 Å². The van der Waals surface area contributed by atoms with E-state index in [9.17, 15) is 4.79 Å². The fourth-order valence-corrected chi connectivity index (χ4v) is 6.55. The number of quaternary nitrogens is 1. The number of aromatic nitrogens is 2. The smallest absolute Gasteiger partial charge is 0.273 e. The highest BCUT2D eigenvalue weighted by Crippen LogP contribution is 2.49. The summed E-state index contributed by atoms with van der Waals surface area (Å²) < 4.78 is 0. The summed E-state index contributed by atoms with van der Waals surface area (Å²) in [7, 11) is 5.39. The van der Waals surface area contributed by atoms with Crippen LogP contribution in [0.2, 0.25) is 10.3 Å². The van der Waals surface area contributed by atoms with Gasteiger partial charge >= 0.3 is 0 Å². The molecule has 1 aliphatic carbocycles. The Hall–Kier alpha value is -2.23. The highest BCUT2D eigenvalue weighted by molar-refractivity contribution is 6.58. The number of nitrogens with zero attached hydrogens (tertiary/aromatic N) is 5. The summed E-state index contributed by atoms with van der Waals surface area (Å²) in [5.74, 6) is 0.372. The molecule has 1 saturated heterocycles. The molecule has 1 fully saturated rings. The Labute approximate surface area is 232 Å². The highest BCUT2D eigenvalue weighted by atomic mass is 35.5. The summed E-state index contributed by atoms with van der Waals surface area (Å²) in [6.45, 7) is 2.67. The molecule has 8 nitrogen and oxygen atoms in total. The Morgan fingerprint density at radius 1 is 1.19 bits per heavy atom. The molecule has 1 aromatic heterocycles. The lowest BCUT2D eigenvalue weighted by Crippen LogP contribution is -2.83. The van der Waals surface area contributed by atoms with Crippen LogP contribution in [0.25, 0.3) is 0 Å². The number of amides is 1. The van der Waals surface area contributed by atoms with Crippen LogP contribution >= 0.6 is 34.8 Å². The van der Waals surface area contributed by atoms with E-state index in [1.54, 1.807) is 14.1 Å². The van der Waals surface area contributed by atoms with Gasteiger partial charge in [0.15, 0.2) is 0 Å². The Morgan fingerprint density at radius 2 is 1.97 bits per heavy atom. The average molecular weight is 564 g/mol.